The van der Waals surface area contributed by atoms with E-state index in [9.17, 15) is 0 Å². The van der Waals surface area contributed by atoms with Crippen molar-refractivity contribution in [2.24, 2.45) is 17.8 Å². The maximum atomic E-state index is 6.30. The molecular formula is C15H17N3O2S. The fourth-order valence-electron chi connectivity index (χ4n) is 4.45. The molecule has 6 heteroatoms. The van der Waals surface area contributed by atoms with Gasteiger partial charge in [-0.15, -0.1) is 0 Å². The maximum Gasteiger partial charge on any atom is 0.274 e. The van der Waals surface area contributed by atoms with Gasteiger partial charge in [0.05, 0.1) is 16.6 Å². The van der Waals surface area contributed by atoms with E-state index in [2.05, 4.69) is 15.0 Å². The van der Waals surface area contributed by atoms with Crippen LogP contribution in [0, 0.1) is 17.8 Å². The minimum Gasteiger partial charge on any atom is -0.466 e. The van der Waals surface area contributed by atoms with E-state index in [-0.39, 0.29) is 0 Å². The van der Waals surface area contributed by atoms with Crippen molar-refractivity contribution in [3.8, 4) is 15.6 Å². The van der Waals surface area contributed by atoms with Gasteiger partial charge in [-0.2, -0.15) is 0 Å². The third kappa shape index (κ3) is 2.00. The van der Waals surface area contributed by atoms with Gasteiger partial charge in [-0.25, -0.2) is 4.98 Å². The van der Waals surface area contributed by atoms with Crippen LogP contribution in [0.2, 0.25) is 0 Å². The lowest BCUT2D eigenvalue weighted by molar-refractivity contribution is -0.0985. The predicted octanol–water partition coefficient (Wildman–Crippen LogP) is 2.52. The Morgan fingerprint density at radius 1 is 1.19 bits per heavy atom. The molecule has 6 rings (SSSR count). The highest BCUT2D eigenvalue weighted by Gasteiger charge is 2.48. The zero-order valence-electron chi connectivity index (χ0n) is 11.6. The SMILES string of the molecule is c1nocc1-c1cnc(OC2C3CC4CC2CN(C4)C3)s1. The van der Waals surface area contributed by atoms with Gasteiger partial charge in [-0.3, -0.25) is 0 Å². The molecule has 4 aliphatic rings. The summed E-state index contributed by atoms with van der Waals surface area (Å²) in [6.07, 6.45) is 8.25. The molecule has 4 fully saturated rings. The van der Waals surface area contributed by atoms with Crippen LogP contribution in [0.15, 0.2) is 23.2 Å². The van der Waals surface area contributed by atoms with Crippen LogP contribution in [0.4, 0.5) is 0 Å². The lowest BCUT2D eigenvalue weighted by Crippen LogP contribution is -2.61. The topological polar surface area (TPSA) is 51.4 Å². The van der Waals surface area contributed by atoms with Gasteiger partial charge in [0.25, 0.3) is 5.19 Å². The molecule has 2 atom stereocenters. The smallest absolute Gasteiger partial charge is 0.274 e. The van der Waals surface area contributed by atoms with Crippen LogP contribution in [0.3, 0.4) is 0 Å². The molecule has 0 N–H and O–H groups in total. The number of hydrogen-bond acceptors (Lipinski definition) is 6. The minimum atomic E-state index is 0.360. The van der Waals surface area contributed by atoms with Gasteiger partial charge in [-0.05, 0) is 18.8 Å². The van der Waals surface area contributed by atoms with E-state index >= 15 is 0 Å². The molecule has 2 unspecified atom stereocenters. The first-order valence-corrected chi connectivity index (χ1v) is 8.41. The molecule has 110 valence electrons. The molecule has 0 amide bonds. The number of aromatic nitrogens is 2. The van der Waals surface area contributed by atoms with E-state index < -0.39 is 0 Å². The summed E-state index contributed by atoms with van der Waals surface area (Å²) in [7, 11) is 0. The van der Waals surface area contributed by atoms with Gasteiger partial charge in [0.1, 0.15) is 12.4 Å². The van der Waals surface area contributed by atoms with Crippen molar-refractivity contribution in [3.63, 3.8) is 0 Å². The van der Waals surface area contributed by atoms with E-state index in [0.29, 0.717) is 17.9 Å². The third-order valence-corrected chi connectivity index (χ3v) is 6.08. The van der Waals surface area contributed by atoms with Crippen LogP contribution in [-0.4, -0.2) is 40.8 Å². The second kappa shape index (κ2) is 4.55. The molecule has 2 aromatic heterocycles. The molecule has 3 saturated heterocycles. The summed E-state index contributed by atoms with van der Waals surface area (Å²) in [5.41, 5.74) is 0.971. The molecule has 0 spiro atoms. The lowest BCUT2D eigenvalue weighted by atomic mass is 9.66. The van der Waals surface area contributed by atoms with Crippen LogP contribution in [0.5, 0.6) is 5.19 Å². The maximum absolute atomic E-state index is 6.30. The summed E-state index contributed by atoms with van der Waals surface area (Å²) in [6.45, 7) is 3.73. The summed E-state index contributed by atoms with van der Waals surface area (Å²) in [6, 6.07) is 0. The van der Waals surface area contributed by atoms with Crippen molar-refractivity contribution >= 4 is 11.3 Å². The average molecular weight is 303 g/mol. The highest BCUT2D eigenvalue weighted by atomic mass is 32.1. The monoisotopic (exact) mass is 303 g/mol. The van der Waals surface area contributed by atoms with Crippen molar-refractivity contribution in [1.29, 1.82) is 0 Å². The summed E-state index contributed by atoms with van der Waals surface area (Å²) in [5.74, 6) is 2.30. The Morgan fingerprint density at radius 2 is 2.05 bits per heavy atom. The molecule has 1 saturated carbocycles. The lowest BCUT2D eigenvalue weighted by Gasteiger charge is -2.55. The molecule has 5 nitrogen and oxygen atoms in total. The molecule has 1 aliphatic carbocycles. The minimum absolute atomic E-state index is 0.360. The standard InChI is InChI=1S/C15H17N3O2S/c1-9-2-11-7-18(5-9)6-10(1)14(11)20-15-16-4-13(21-15)12-3-17-19-8-12/h3-4,8-11,14H,1-2,5-7H2. The van der Waals surface area contributed by atoms with Gasteiger partial charge in [0.15, 0.2) is 0 Å². The van der Waals surface area contributed by atoms with E-state index in [1.807, 2.05) is 6.20 Å². The summed E-state index contributed by atoms with van der Waals surface area (Å²) < 4.78 is 11.2. The molecule has 21 heavy (non-hydrogen) atoms. The zero-order chi connectivity index (χ0) is 13.8. The Bertz CT molecular complexity index is 611. The number of piperidine rings is 3. The Balaban J connectivity index is 1.36. The quantitative estimate of drug-likeness (QED) is 0.872. The summed E-state index contributed by atoms with van der Waals surface area (Å²) >= 11 is 1.59. The van der Waals surface area contributed by atoms with Crippen LogP contribution in [0.1, 0.15) is 12.8 Å². The Morgan fingerprint density at radius 3 is 2.76 bits per heavy atom. The van der Waals surface area contributed by atoms with E-state index in [0.717, 1.165) is 21.6 Å². The Hall–Kier alpha value is -1.40. The molecule has 5 heterocycles. The van der Waals surface area contributed by atoms with Crippen molar-refractivity contribution in [3.05, 3.63) is 18.7 Å². The molecule has 0 radical (unpaired) electrons. The number of nitrogens with zero attached hydrogens (tertiary/aromatic N) is 3. The first-order chi connectivity index (χ1) is 10.3. The van der Waals surface area contributed by atoms with Gasteiger partial charge in [-0.1, -0.05) is 16.5 Å². The second-order valence-electron chi connectivity index (χ2n) is 6.56. The normalized spacial score (nSPS) is 37.0. The first-order valence-electron chi connectivity index (χ1n) is 7.60. The number of ether oxygens (including phenoxy) is 1. The van der Waals surface area contributed by atoms with Gasteiger partial charge >= 0.3 is 0 Å². The zero-order valence-corrected chi connectivity index (χ0v) is 12.5. The number of hydrogen-bond donors (Lipinski definition) is 0. The van der Waals surface area contributed by atoms with Crippen molar-refractivity contribution in [2.45, 2.75) is 18.9 Å². The molecule has 4 bridgehead atoms. The summed E-state index contributed by atoms with van der Waals surface area (Å²) in [5, 5.41) is 4.53. The van der Waals surface area contributed by atoms with Crippen LogP contribution in [0.25, 0.3) is 10.4 Å². The highest BCUT2D eigenvalue weighted by Crippen LogP contribution is 2.45. The van der Waals surface area contributed by atoms with Gasteiger partial charge < -0.3 is 14.2 Å². The first kappa shape index (κ1) is 12.2. The van der Waals surface area contributed by atoms with E-state index in [1.165, 1.54) is 32.5 Å². The van der Waals surface area contributed by atoms with Gasteiger partial charge in [0, 0.05) is 37.7 Å². The van der Waals surface area contributed by atoms with E-state index in [1.54, 1.807) is 23.8 Å². The Labute approximate surface area is 126 Å². The highest BCUT2D eigenvalue weighted by molar-refractivity contribution is 7.16. The van der Waals surface area contributed by atoms with Crippen LogP contribution >= 0.6 is 11.3 Å². The van der Waals surface area contributed by atoms with Crippen molar-refractivity contribution in [1.82, 2.24) is 15.0 Å². The molecule has 2 aromatic rings. The van der Waals surface area contributed by atoms with Crippen molar-refractivity contribution in [2.75, 3.05) is 19.6 Å². The number of rotatable bonds is 3. The fourth-order valence-corrected chi connectivity index (χ4v) is 5.22. The van der Waals surface area contributed by atoms with Crippen LogP contribution < -0.4 is 4.74 Å². The third-order valence-electron chi connectivity index (χ3n) is 5.14. The number of thiazole rings is 1. The van der Waals surface area contributed by atoms with Crippen molar-refractivity contribution < 1.29 is 9.26 Å². The molecule has 3 aliphatic heterocycles. The predicted molar refractivity (Wildman–Crippen MR) is 78.2 cm³/mol. The molecule has 0 aromatic carbocycles. The molecular weight excluding hydrogens is 286 g/mol. The largest absolute Gasteiger partial charge is 0.466 e. The fraction of sp³-hybridized carbons (Fsp3) is 0.600. The van der Waals surface area contributed by atoms with E-state index in [4.69, 9.17) is 9.26 Å². The summed E-state index contributed by atoms with van der Waals surface area (Å²) in [4.78, 5) is 8.11. The average Bonchev–Trinajstić information content (AvgIpc) is 3.13. The Kier molecular flexibility index (Phi) is 2.64. The second-order valence-corrected chi connectivity index (χ2v) is 7.56. The van der Waals surface area contributed by atoms with Gasteiger partial charge in [0.2, 0.25) is 0 Å². The van der Waals surface area contributed by atoms with Crippen LogP contribution in [-0.2, 0) is 0 Å².